The molecule has 0 spiro atoms. The number of hydrogen-bond acceptors (Lipinski definition) is 13. The number of aliphatic carboxylic acids is 1. The fourth-order valence-corrected chi connectivity index (χ4v) is 2.03. The van der Waals surface area contributed by atoms with Gasteiger partial charge in [0.1, 0.15) is 49.3 Å². The molecule has 8 unspecified atom stereocenters. The van der Waals surface area contributed by atoms with Crippen molar-refractivity contribution < 1.29 is 70.5 Å². The normalized spacial score (nSPS) is 18.8. The van der Waals surface area contributed by atoms with E-state index in [4.69, 9.17) is 25.5 Å². The van der Waals surface area contributed by atoms with Gasteiger partial charge in [-0.25, -0.2) is 9.59 Å². The van der Waals surface area contributed by atoms with Crippen LogP contribution in [0.15, 0.2) is 23.8 Å². The highest BCUT2D eigenvalue weighted by atomic mass is 16.5. The quantitative estimate of drug-likeness (QED) is 0.0791. The summed E-state index contributed by atoms with van der Waals surface area (Å²) in [5.74, 6) is -1.89. The molecular weight excluding hydrogens is 464 g/mol. The lowest BCUT2D eigenvalue weighted by Gasteiger charge is -2.25. The van der Waals surface area contributed by atoms with Crippen LogP contribution in [0.4, 0.5) is 0 Å². The molecule has 8 atom stereocenters. The van der Waals surface area contributed by atoms with Gasteiger partial charge in [0.25, 0.3) is 0 Å². The molecule has 0 aromatic rings. The first-order valence-corrected chi connectivity index (χ1v) is 10.0. The van der Waals surface area contributed by atoms with Crippen LogP contribution in [0, 0.1) is 0 Å². The van der Waals surface area contributed by atoms with Gasteiger partial charge < -0.3 is 60.9 Å². The molecule has 11 N–H and O–H groups in total. The van der Waals surface area contributed by atoms with Gasteiger partial charge in [0.05, 0.1) is 19.3 Å². The summed E-state index contributed by atoms with van der Waals surface area (Å²) < 4.78 is 4.55. The number of carboxylic acid groups (broad SMARTS) is 1. The van der Waals surface area contributed by atoms with Gasteiger partial charge in [-0.2, -0.15) is 0 Å². The minimum absolute atomic E-state index is 0.00607. The van der Waals surface area contributed by atoms with Crippen molar-refractivity contribution in [3.63, 3.8) is 0 Å². The van der Waals surface area contributed by atoms with Crippen LogP contribution in [0.25, 0.3) is 0 Å². The predicted molar refractivity (Wildman–Crippen MR) is 114 cm³/mol. The summed E-state index contributed by atoms with van der Waals surface area (Å²) in [6, 6.07) is 0. The zero-order valence-corrected chi connectivity index (χ0v) is 18.9. The zero-order valence-electron chi connectivity index (χ0n) is 18.9. The number of carbonyl (C=O) groups excluding carboxylic acids is 1. The van der Waals surface area contributed by atoms with Gasteiger partial charge in [-0.15, -0.1) is 0 Å². The minimum Gasteiger partial charge on any atom is -0.478 e. The number of aliphatic hydroxyl groups excluding tert-OH is 10. The highest BCUT2D eigenvalue weighted by Gasteiger charge is 2.31. The largest absolute Gasteiger partial charge is 0.478 e. The van der Waals surface area contributed by atoms with Gasteiger partial charge in [0, 0.05) is 11.1 Å². The highest BCUT2D eigenvalue weighted by molar-refractivity contribution is 5.87. The van der Waals surface area contributed by atoms with Gasteiger partial charge in [-0.05, 0) is 20.3 Å². The van der Waals surface area contributed by atoms with E-state index in [1.165, 1.54) is 19.9 Å². The Bertz CT molecular complexity index is 651. The van der Waals surface area contributed by atoms with Crippen LogP contribution in [0.3, 0.4) is 0 Å². The lowest BCUT2D eigenvalue weighted by molar-refractivity contribution is -0.152. The fraction of sp³-hybridized carbons (Fsp3) is 0.700. The van der Waals surface area contributed by atoms with Crippen LogP contribution in [-0.4, -0.2) is 137 Å². The zero-order chi connectivity index (χ0) is 27.2. The van der Waals surface area contributed by atoms with E-state index in [0.717, 1.165) is 0 Å². The van der Waals surface area contributed by atoms with E-state index in [1.807, 2.05) is 0 Å². The number of carbonyl (C=O) groups is 2. The molecule has 200 valence electrons. The maximum atomic E-state index is 11.0. The maximum Gasteiger partial charge on any atom is 0.333 e. The molecule has 0 fully saturated rings. The second-order valence-electron chi connectivity index (χ2n) is 7.40. The van der Waals surface area contributed by atoms with Crippen molar-refractivity contribution in [3.05, 3.63) is 23.8 Å². The molecule has 34 heavy (non-hydrogen) atoms. The van der Waals surface area contributed by atoms with Gasteiger partial charge >= 0.3 is 11.9 Å². The Morgan fingerprint density at radius 2 is 1.15 bits per heavy atom. The average molecular weight is 500 g/mol. The van der Waals surface area contributed by atoms with E-state index in [1.54, 1.807) is 0 Å². The number of carboxylic acids is 1. The molecule has 0 aromatic carbocycles. The lowest BCUT2D eigenvalue weighted by atomic mass is 10.0. The molecule has 0 aliphatic carbocycles. The van der Waals surface area contributed by atoms with Crippen molar-refractivity contribution in [2.75, 3.05) is 19.8 Å². The number of ether oxygens (including phenoxy) is 1. The van der Waals surface area contributed by atoms with Crippen molar-refractivity contribution >= 4 is 11.9 Å². The third kappa shape index (κ3) is 13.0. The summed E-state index contributed by atoms with van der Waals surface area (Å²) in [5.41, 5.74) is 0.121. The Kier molecular flexibility index (Phi) is 17.6. The van der Waals surface area contributed by atoms with Crippen LogP contribution in [0.2, 0.25) is 0 Å². The molecule has 0 aliphatic heterocycles. The van der Waals surface area contributed by atoms with Gasteiger partial charge in [0.2, 0.25) is 0 Å². The number of esters is 1. The number of rotatable bonds is 14. The van der Waals surface area contributed by atoms with Crippen molar-refractivity contribution in [1.29, 1.82) is 0 Å². The summed E-state index contributed by atoms with van der Waals surface area (Å²) >= 11 is 0. The smallest absolute Gasteiger partial charge is 0.333 e. The van der Waals surface area contributed by atoms with Gasteiger partial charge in [-0.1, -0.05) is 12.7 Å². The standard InChI is InChI=1S/2C10H18O7/c1-5(2)10(16)17-4-7(13)9(15)8(14)6(12)3-11;1-5(10(16)17)2-3-6(12)8(14)9(15)7(13)4-11/h6-9,11-15H,1,3-4H2,2H3;2,6-9,11-15H,3-4H2,1H3,(H,16,17). The summed E-state index contributed by atoms with van der Waals surface area (Å²) in [6.45, 7) is 3.97. The van der Waals surface area contributed by atoms with E-state index in [2.05, 4.69) is 11.3 Å². The molecule has 0 heterocycles. The third-order valence-electron chi connectivity index (χ3n) is 4.39. The maximum absolute atomic E-state index is 11.0. The van der Waals surface area contributed by atoms with E-state index in [-0.39, 0.29) is 17.6 Å². The molecule has 0 bridgehead atoms. The molecular formula is C20H36O14. The Morgan fingerprint density at radius 1 is 0.765 bits per heavy atom. The first-order chi connectivity index (χ1) is 15.6. The van der Waals surface area contributed by atoms with Crippen LogP contribution < -0.4 is 0 Å². The molecule has 0 aliphatic rings. The summed E-state index contributed by atoms with van der Waals surface area (Å²) in [6.07, 6.45) is -12.0. The third-order valence-corrected chi connectivity index (χ3v) is 4.39. The second kappa shape index (κ2) is 17.5. The first kappa shape index (κ1) is 34.2. The topological polar surface area (TPSA) is 266 Å². The lowest BCUT2D eigenvalue weighted by Crippen LogP contribution is -2.47. The monoisotopic (exact) mass is 500 g/mol. The van der Waals surface area contributed by atoms with E-state index in [9.17, 15) is 40.2 Å². The van der Waals surface area contributed by atoms with Crippen molar-refractivity contribution in [3.8, 4) is 0 Å². The van der Waals surface area contributed by atoms with Gasteiger partial charge in [-0.3, -0.25) is 0 Å². The van der Waals surface area contributed by atoms with Crippen molar-refractivity contribution in [2.45, 2.75) is 69.1 Å². The fourth-order valence-electron chi connectivity index (χ4n) is 2.03. The summed E-state index contributed by atoms with van der Waals surface area (Å²) in [7, 11) is 0. The number of hydrogen-bond donors (Lipinski definition) is 11. The molecule has 0 saturated heterocycles. The average Bonchev–Trinajstić information content (AvgIpc) is 2.82. The number of aliphatic hydroxyl groups is 10. The van der Waals surface area contributed by atoms with E-state index < -0.39 is 80.6 Å². The van der Waals surface area contributed by atoms with Gasteiger partial charge in [0.15, 0.2) is 0 Å². The molecule has 14 heteroatoms. The molecule has 0 amide bonds. The van der Waals surface area contributed by atoms with Crippen molar-refractivity contribution in [1.82, 2.24) is 0 Å². The molecule has 0 radical (unpaired) electrons. The van der Waals surface area contributed by atoms with Crippen LogP contribution in [-0.2, 0) is 14.3 Å². The van der Waals surface area contributed by atoms with Crippen molar-refractivity contribution in [2.24, 2.45) is 0 Å². The Balaban J connectivity index is 0. The summed E-state index contributed by atoms with van der Waals surface area (Å²) in [5, 5.41) is 99.7. The second-order valence-corrected chi connectivity index (χ2v) is 7.40. The summed E-state index contributed by atoms with van der Waals surface area (Å²) in [4.78, 5) is 21.4. The molecule has 0 aromatic heterocycles. The van der Waals surface area contributed by atoms with Crippen LogP contribution >= 0.6 is 0 Å². The molecule has 0 rings (SSSR count). The SMILES string of the molecule is C=C(C)C(=O)OCC(O)C(O)C(O)C(O)CO.CC(=CCC(O)C(O)C(O)C(O)CO)C(=O)O. The first-order valence-electron chi connectivity index (χ1n) is 10.0. The Morgan fingerprint density at radius 3 is 1.50 bits per heavy atom. The van der Waals surface area contributed by atoms with Crippen LogP contribution in [0.5, 0.6) is 0 Å². The minimum atomic E-state index is -1.74. The Hall–Kier alpha value is -1.98. The Labute approximate surface area is 195 Å². The van der Waals surface area contributed by atoms with Crippen LogP contribution in [0.1, 0.15) is 20.3 Å². The highest BCUT2D eigenvalue weighted by Crippen LogP contribution is 2.10. The van der Waals surface area contributed by atoms with E-state index >= 15 is 0 Å². The van der Waals surface area contributed by atoms with E-state index in [0.29, 0.717) is 0 Å². The molecule has 0 saturated carbocycles. The predicted octanol–water partition coefficient (Wildman–Crippen LogP) is -4.62. The molecule has 14 nitrogen and oxygen atoms in total.